The van der Waals surface area contributed by atoms with Crippen LogP contribution in [-0.4, -0.2) is 62.0 Å². The van der Waals surface area contributed by atoms with E-state index in [0.717, 1.165) is 0 Å². The summed E-state index contributed by atoms with van der Waals surface area (Å²) in [4.78, 5) is 0.0333. The maximum absolute atomic E-state index is 12.6. The molecular weight excluding hydrogens is 284 g/mol. The summed E-state index contributed by atoms with van der Waals surface area (Å²) in [6.45, 7) is 2.91. The average Bonchev–Trinajstić information content (AvgIpc) is 3.01. The van der Waals surface area contributed by atoms with E-state index < -0.39 is 10.0 Å². The highest BCUT2D eigenvalue weighted by atomic mass is 32.2. The molecule has 8 nitrogen and oxygen atoms in total. The molecule has 1 saturated heterocycles. The van der Waals surface area contributed by atoms with E-state index in [1.54, 1.807) is 0 Å². The predicted molar refractivity (Wildman–Crippen MR) is 72.7 cm³/mol. The number of nitrogens with zero attached hydrogens (tertiary/aromatic N) is 3. The Labute approximate surface area is 118 Å². The van der Waals surface area contributed by atoms with Crippen LogP contribution in [0.4, 0.5) is 5.82 Å². The molecule has 1 aromatic rings. The van der Waals surface area contributed by atoms with Crippen molar-refractivity contribution in [3.8, 4) is 0 Å². The van der Waals surface area contributed by atoms with Crippen LogP contribution in [-0.2, 0) is 26.0 Å². The van der Waals surface area contributed by atoms with E-state index in [1.165, 1.54) is 29.4 Å². The average molecular weight is 304 g/mol. The van der Waals surface area contributed by atoms with Crippen molar-refractivity contribution in [2.45, 2.75) is 30.6 Å². The summed E-state index contributed by atoms with van der Waals surface area (Å²) in [6.07, 6.45) is 0.890. The number of methoxy groups -OCH3 is 2. The SMILES string of the molecule is CCn1cc(S(=O)(=O)N2CC(OC)C(OC)C2)c(N)n1. The number of nitrogens with two attached hydrogens (primary N) is 1. The van der Waals surface area contributed by atoms with Crippen LogP contribution >= 0.6 is 0 Å². The summed E-state index contributed by atoms with van der Waals surface area (Å²) in [6, 6.07) is 0. The smallest absolute Gasteiger partial charge is 0.248 e. The number of aryl methyl sites for hydroxylation is 1. The monoisotopic (exact) mass is 304 g/mol. The standard InChI is InChI=1S/C11H20N4O4S/c1-4-14-7-10(11(12)13-14)20(16,17)15-5-8(18-2)9(6-15)19-3/h7-9H,4-6H2,1-3H3,(H2,12,13). The lowest BCUT2D eigenvalue weighted by Gasteiger charge is -2.14. The van der Waals surface area contributed by atoms with E-state index in [0.29, 0.717) is 6.54 Å². The molecule has 2 N–H and O–H groups in total. The second-order valence-corrected chi connectivity index (χ2v) is 6.51. The van der Waals surface area contributed by atoms with Crippen molar-refractivity contribution in [3.05, 3.63) is 6.20 Å². The molecule has 2 unspecified atom stereocenters. The van der Waals surface area contributed by atoms with E-state index in [4.69, 9.17) is 15.2 Å². The number of hydrogen-bond donors (Lipinski definition) is 1. The second kappa shape index (κ2) is 5.68. The molecular formula is C11H20N4O4S. The van der Waals surface area contributed by atoms with Gasteiger partial charge >= 0.3 is 0 Å². The molecule has 0 spiro atoms. The number of anilines is 1. The van der Waals surface area contributed by atoms with E-state index >= 15 is 0 Å². The van der Waals surface area contributed by atoms with Crippen LogP contribution in [0.5, 0.6) is 0 Å². The van der Waals surface area contributed by atoms with Crippen LogP contribution in [0.1, 0.15) is 6.92 Å². The third-order valence-electron chi connectivity index (χ3n) is 3.48. The van der Waals surface area contributed by atoms with E-state index in [2.05, 4.69) is 5.10 Å². The molecule has 9 heteroatoms. The topological polar surface area (TPSA) is 99.7 Å². The first kappa shape index (κ1) is 15.2. The number of hydrogen-bond acceptors (Lipinski definition) is 6. The molecule has 0 bridgehead atoms. The van der Waals surface area contributed by atoms with E-state index in [-0.39, 0.29) is 36.0 Å². The van der Waals surface area contributed by atoms with Gasteiger partial charge in [0.15, 0.2) is 5.82 Å². The molecule has 1 aliphatic heterocycles. The highest BCUT2D eigenvalue weighted by Crippen LogP contribution is 2.26. The number of aromatic nitrogens is 2. The summed E-state index contributed by atoms with van der Waals surface area (Å²) in [5, 5.41) is 3.97. The minimum Gasteiger partial charge on any atom is -0.381 e. The van der Waals surface area contributed by atoms with Crippen molar-refractivity contribution < 1.29 is 17.9 Å². The van der Waals surface area contributed by atoms with Gasteiger partial charge in [-0.1, -0.05) is 0 Å². The predicted octanol–water partition coefficient (Wildman–Crippen LogP) is -0.480. The van der Waals surface area contributed by atoms with Crippen molar-refractivity contribution >= 4 is 15.8 Å². The van der Waals surface area contributed by atoms with Crippen molar-refractivity contribution in [2.24, 2.45) is 0 Å². The zero-order chi connectivity index (χ0) is 14.9. The fourth-order valence-corrected chi connectivity index (χ4v) is 3.80. The number of sulfonamides is 1. The van der Waals surface area contributed by atoms with Gasteiger partial charge < -0.3 is 15.2 Å². The van der Waals surface area contributed by atoms with Gasteiger partial charge in [0, 0.05) is 40.1 Å². The van der Waals surface area contributed by atoms with Crippen LogP contribution in [0.2, 0.25) is 0 Å². The molecule has 2 heterocycles. The number of nitrogen functional groups attached to an aromatic ring is 1. The summed E-state index contributed by atoms with van der Waals surface area (Å²) < 4.78 is 38.5. The molecule has 0 amide bonds. The highest BCUT2D eigenvalue weighted by Gasteiger charge is 2.41. The minimum absolute atomic E-state index is 0.0154. The lowest BCUT2D eigenvalue weighted by Crippen LogP contribution is -2.30. The molecule has 0 aliphatic carbocycles. The summed E-state index contributed by atoms with van der Waals surface area (Å²) in [5.41, 5.74) is 5.70. The Balaban J connectivity index is 2.29. The van der Waals surface area contributed by atoms with Gasteiger partial charge in [-0.25, -0.2) is 8.42 Å². The normalized spacial score (nSPS) is 24.4. The largest absolute Gasteiger partial charge is 0.381 e. The Morgan fingerprint density at radius 3 is 2.30 bits per heavy atom. The van der Waals surface area contributed by atoms with E-state index in [1.807, 2.05) is 6.92 Å². The first-order valence-corrected chi connectivity index (χ1v) is 7.76. The maximum Gasteiger partial charge on any atom is 0.248 e. The quantitative estimate of drug-likeness (QED) is 0.788. The molecule has 2 atom stereocenters. The first-order valence-electron chi connectivity index (χ1n) is 6.32. The van der Waals surface area contributed by atoms with Crippen LogP contribution in [0.3, 0.4) is 0 Å². The first-order chi connectivity index (χ1) is 9.43. The lowest BCUT2D eigenvalue weighted by atomic mass is 10.3. The minimum atomic E-state index is -3.68. The summed E-state index contributed by atoms with van der Waals surface area (Å²) in [5.74, 6) is 0.0154. The molecule has 114 valence electrons. The molecule has 0 saturated carbocycles. The lowest BCUT2D eigenvalue weighted by molar-refractivity contribution is -0.00461. The van der Waals surface area contributed by atoms with Crippen molar-refractivity contribution in [3.63, 3.8) is 0 Å². The number of ether oxygens (including phenoxy) is 2. The molecule has 0 radical (unpaired) electrons. The van der Waals surface area contributed by atoms with Gasteiger partial charge in [-0.05, 0) is 6.92 Å². The van der Waals surface area contributed by atoms with Gasteiger partial charge in [0.05, 0.1) is 12.2 Å². The fourth-order valence-electron chi connectivity index (χ4n) is 2.28. The van der Waals surface area contributed by atoms with Crippen LogP contribution in [0.25, 0.3) is 0 Å². The van der Waals surface area contributed by atoms with Gasteiger partial charge in [-0.15, -0.1) is 0 Å². The molecule has 20 heavy (non-hydrogen) atoms. The van der Waals surface area contributed by atoms with Crippen molar-refractivity contribution in [2.75, 3.05) is 33.0 Å². The van der Waals surface area contributed by atoms with Crippen LogP contribution < -0.4 is 5.73 Å². The van der Waals surface area contributed by atoms with Gasteiger partial charge in [-0.3, -0.25) is 4.68 Å². The second-order valence-electron chi connectivity index (χ2n) is 4.60. The van der Waals surface area contributed by atoms with Gasteiger partial charge in [0.2, 0.25) is 10.0 Å². The Hall–Kier alpha value is -1.16. The van der Waals surface area contributed by atoms with Crippen LogP contribution in [0, 0.1) is 0 Å². The van der Waals surface area contributed by atoms with E-state index in [9.17, 15) is 8.42 Å². The van der Waals surface area contributed by atoms with Gasteiger partial charge in [0.25, 0.3) is 0 Å². The zero-order valence-corrected chi connectivity index (χ0v) is 12.6. The zero-order valence-electron chi connectivity index (χ0n) is 11.8. The fraction of sp³-hybridized carbons (Fsp3) is 0.727. The van der Waals surface area contributed by atoms with Crippen molar-refractivity contribution in [1.29, 1.82) is 0 Å². The van der Waals surface area contributed by atoms with Gasteiger partial charge in [0.1, 0.15) is 4.90 Å². The Morgan fingerprint density at radius 2 is 1.90 bits per heavy atom. The highest BCUT2D eigenvalue weighted by molar-refractivity contribution is 7.89. The van der Waals surface area contributed by atoms with Gasteiger partial charge in [-0.2, -0.15) is 9.40 Å². The summed E-state index contributed by atoms with van der Waals surface area (Å²) >= 11 is 0. The molecule has 1 aromatic heterocycles. The maximum atomic E-state index is 12.6. The Bertz CT molecular complexity index is 559. The number of rotatable bonds is 5. The molecule has 2 rings (SSSR count). The summed E-state index contributed by atoms with van der Waals surface area (Å²) in [7, 11) is -0.604. The van der Waals surface area contributed by atoms with Crippen molar-refractivity contribution in [1.82, 2.24) is 14.1 Å². The third-order valence-corrected chi connectivity index (χ3v) is 5.33. The molecule has 1 fully saturated rings. The van der Waals surface area contributed by atoms with Crippen LogP contribution in [0.15, 0.2) is 11.1 Å². The molecule has 0 aromatic carbocycles. The molecule has 1 aliphatic rings. The third kappa shape index (κ3) is 2.53. The Kier molecular flexibility index (Phi) is 4.33. The Morgan fingerprint density at radius 1 is 1.35 bits per heavy atom.